The van der Waals surface area contributed by atoms with Crippen LogP contribution in [-0.4, -0.2) is 55.0 Å². The van der Waals surface area contributed by atoms with E-state index in [9.17, 15) is 4.79 Å². The quantitative estimate of drug-likeness (QED) is 0.364. The highest BCUT2D eigenvalue weighted by Gasteiger charge is 2.18. The van der Waals surface area contributed by atoms with Crippen LogP contribution < -0.4 is 21.7 Å². The molecule has 5 N–H and O–H groups in total. The van der Waals surface area contributed by atoms with Gasteiger partial charge in [0.2, 0.25) is 0 Å². The largest absolute Gasteiger partial charge is 0.386 e. The fourth-order valence-corrected chi connectivity index (χ4v) is 3.26. The van der Waals surface area contributed by atoms with Crippen molar-refractivity contribution in [3.63, 3.8) is 0 Å². The van der Waals surface area contributed by atoms with Gasteiger partial charge in [-0.3, -0.25) is 0 Å². The summed E-state index contributed by atoms with van der Waals surface area (Å²) >= 11 is 0. The van der Waals surface area contributed by atoms with E-state index in [0.29, 0.717) is 34.9 Å². The molecule has 29 heavy (non-hydrogen) atoms. The van der Waals surface area contributed by atoms with Crippen molar-refractivity contribution >= 4 is 40.0 Å². The summed E-state index contributed by atoms with van der Waals surface area (Å²) < 4.78 is 8.64. The van der Waals surface area contributed by atoms with Gasteiger partial charge < -0.3 is 26.4 Å². The van der Waals surface area contributed by atoms with E-state index in [2.05, 4.69) is 36.0 Å². The molecule has 148 valence electrons. The molecular formula is C17H18N10O2. The molecule has 0 aliphatic carbocycles. The highest BCUT2D eigenvalue weighted by Crippen LogP contribution is 2.27. The first-order valence-corrected chi connectivity index (χ1v) is 8.91. The smallest absolute Gasteiger partial charge is 0.329 e. The number of rotatable bonds is 1. The van der Waals surface area contributed by atoms with Crippen LogP contribution in [0.2, 0.25) is 0 Å². The summed E-state index contributed by atoms with van der Waals surface area (Å²) in [6.45, 7) is 0.426. The van der Waals surface area contributed by atoms with E-state index in [-0.39, 0.29) is 6.61 Å². The molecule has 1 amide bonds. The topological polar surface area (TPSA) is 149 Å². The summed E-state index contributed by atoms with van der Waals surface area (Å²) in [4.78, 5) is 25.9. The first kappa shape index (κ1) is 17.3. The molecular weight excluding hydrogens is 376 g/mol. The summed E-state index contributed by atoms with van der Waals surface area (Å²) in [7, 11) is 1.78. The molecule has 0 fully saturated rings. The predicted molar refractivity (Wildman–Crippen MR) is 105 cm³/mol. The van der Waals surface area contributed by atoms with E-state index in [4.69, 9.17) is 10.5 Å². The first-order valence-electron chi connectivity index (χ1n) is 8.91. The Labute approximate surface area is 164 Å². The van der Waals surface area contributed by atoms with E-state index in [1.54, 1.807) is 11.6 Å². The Bertz CT molecular complexity index is 1230. The second-order valence-corrected chi connectivity index (χ2v) is 6.58. The third-order valence-corrected chi connectivity index (χ3v) is 4.56. The highest BCUT2D eigenvalue weighted by atomic mass is 16.5. The summed E-state index contributed by atoms with van der Waals surface area (Å²) in [5.74, 6) is 0.515. The van der Waals surface area contributed by atoms with Crippen LogP contribution in [0.3, 0.4) is 0 Å². The number of aromatic nitrogens is 6. The van der Waals surface area contributed by atoms with Crippen molar-refractivity contribution < 1.29 is 9.53 Å². The predicted octanol–water partition coefficient (Wildman–Crippen LogP) is 0.632. The van der Waals surface area contributed by atoms with Crippen LogP contribution >= 0.6 is 0 Å². The number of carbonyl (C=O) groups excluding carboxylic acids is 1. The average molecular weight is 394 g/mol. The minimum absolute atomic E-state index is 0.136. The van der Waals surface area contributed by atoms with Crippen LogP contribution in [0.15, 0.2) is 31.0 Å². The highest BCUT2D eigenvalue weighted by molar-refractivity contribution is 5.94. The third kappa shape index (κ3) is 2.99. The molecule has 0 spiro atoms. The maximum Gasteiger partial charge on any atom is 0.329 e. The number of anilines is 3. The monoisotopic (exact) mass is 394 g/mol. The first-order chi connectivity index (χ1) is 14.1. The number of imidazole rings is 1. The third-order valence-electron chi connectivity index (χ3n) is 4.56. The lowest BCUT2D eigenvalue weighted by molar-refractivity contribution is 0.102. The summed E-state index contributed by atoms with van der Waals surface area (Å²) in [5.41, 5.74) is 9.86. The summed E-state index contributed by atoms with van der Waals surface area (Å²) in [5, 5.41) is 13.3. The molecule has 0 saturated carbocycles. The fourth-order valence-electron chi connectivity index (χ4n) is 3.26. The number of nitrogens with one attached hydrogen (secondary N) is 3. The Hall–Kier alpha value is -3.77. The van der Waals surface area contributed by atoms with E-state index in [1.807, 2.05) is 18.3 Å². The van der Waals surface area contributed by atoms with E-state index in [1.165, 1.54) is 17.2 Å². The lowest BCUT2D eigenvalue weighted by atomic mass is 10.2. The molecule has 4 bridgehead atoms. The van der Waals surface area contributed by atoms with Gasteiger partial charge in [-0.25, -0.2) is 28.8 Å². The second kappa shape index (κ2) is 6.68. The zero-order chi connectivity index (χ0) is 20.0. The van der Waals surface area contributed by atoms with E-state index >= 15 is 0 Å². The number of carbonyl (C=O) groups is 1. The second-order valence-electron chi connectivity index (χ2n) is 6.58. The van der Waals surface area contributed by atoms with Crippen molar-refractivity contribution in [2.45, 2.75) is 12.8 Å². The zero-order valence-corrected chi connectivity index (χ0v) is 15.5. The molecule has 0 saturated heterocycles. The number of hydrogen-bond donors (Lipinski definition) is 4. The van der Waals surface area contributed by atoms with Crippen LogP contribution in [0.5, 0.6) is 0 Å². The van der Waals surface area contributed by atoms with Gasteiger partial charge in [0.05, 0.1) is 24.6 Å². The SMILES string of the molecule is CNc1cc2nc3c1ncn3C(=O)N[C@H](N)COCc1cc(c3ncnn3c1)N2. The standard InChI is InChI=1S/C17H18N10O2/c1-19-10-3-13-23-11-2-9(4-27-15(11)20-7-22-27)5-29-6-12(18)24-17(28)26-8-21-14(10)16(26)25-13/h2-4,7-8,12H,5-6,18H2,1H3,(H,24,28)(H2,19,23,25)/t12-/m0/s1. The maximum atomic E-state index is 12.7. The number of amides is 1. The van der Waals surface area contributed by atoms with Crippen molar-refractivity contribution in [3.05, 3.63) is 36.5 Å². The Morgan fingerprint density at radius 3 is 3.07 bits per heavy atom. The van der Waals surface area contributed by atoms with Crippen molar-refractivity contribution in [1.82, 2.24) is 34.4 Å². The van der Waals surface area contributed by atoms with Gasteiger partial charge in [0.25, 0.3) is 0 Å². The Kier molecular flexibility index (Phi) is 4.00. The van der Waals surface area contributed by atoms with Crippen molar-refractivity contribution in [3.8, 4) is 0 Å². The molecule has 4 aromatic rings. The number of nitrogens with zero attached hydrogens (tertiary/aromatic N) is 6. The zero-order valence-electron chi connectivity index (χ0n) is 15.5. The molecule has 0 unspecified atom stereocenters. The summed E-state index contributed by atoms with van der Waals surface area (Å²) in [6, 6.07) is 3.29. The number of ether oxygens (including phenoxy) is 1. The molecule has 12 heteroatoms. The number of hydrogen-bond acceptors (Lipinski definition) is 9. The van der Waals surface area contributed by atoms with Gasteiger partial charge >= 0.3 is 6.03 Å². The molecule has 0 radical (unpaired) electrons. The molecule has 1 aliphatic rings. The van der Waals surface area contributed by atoms with E-state index < -0.39 is 12.2 Å². The average Bonchev–Trinajstić information content (AvgIpc) is 3.33. The van der Waals surface area contributed by atoms with Gasteiger partial charge in [0.1, 0.15) is 30.2 Å². The lowest BCUT2D eigenvalue weighted by Crippen LogP contribution is -2.46. The molecule has 1 aliphatic heterocycles. The fraction of sp³-hybridized carbons (Fsp3) is 0.235. The van der Waals surface area contributed by atoms with Crippen LogP contribution in [0, 0.1) is 0 Å². The van der Waals surface area contributed by atoms with Crippen molar-refractivity contribution in [2.24, 2.45) is 5.73 Å². The van der Waals surface area contributed by atoms with Gasteiger partial charge in [0, 0.05) is 19.3 Å². The summed E-state index contributed by atoms with van der Waals surface area (Å²) in [6.07, 6.45) is 4.02. The van der Waals surface area contributed by atoms with E-state index in [0.717, 1.165) is 11.3 Å². The number of nitrogens with two attached hydrogens (primary N) is 1. The van der Waals surface area contributed by atoms with Gasteiger partial charge in [-0.05, 0) is 11.6 Å². The molecule has 4 aromatic heterocycles. The van der Waals surface area contributed by atoms with Crippen LogP contribution in [0.1, 0.15) is 5.56 Å². The number of fused-ring (bicyclic) bond motifs is 5. The molecule has 1 atom stereocenters. The van der Waals surface area contributed by atoms with Gasteiger partial charge in [-0.1, -0.05) is 0 Å². The Balaban J connectivity index is 1.71. The van der Waals surface area contributed by atoms with Crippen molar-refractivity contribution in [1.29, 1.82) is 0 Å². The van der Waals surface area contributed by atoms with Crippen LogP contribution in [0.4, 0.5) is 22.0 Å². The molecule has 12 nitrogen and oxygen atoms in total. The minimum atomic E-state index is -0.692. The molecule has 0 aromatic carbocycles. The Morgan fingerprint density at radius 2 is 2.21 bits per heavy atom. The maximum absolute atomic E-state index is 12.7. The molecule has 5 heterocycles. The van der Waals surface area contributed by atoms with Crippen molar-refractivity contribution in [2.75, 3.05) is 24.3 Å². The van der Waals surface area contributed by atoms with Crippen LogP contribution in [-0.2, 0) is 11.3 Å². The molecule has 5 rings (SSSR count). The number of pyridine rings is 2. The Morgan fingerprint density at radius 1 is 1.31 bits per heavy atom. The van der Waals surface area contributed by atoms with Gasteiger partial charge in [0.15, 0.2) is 11.3 Å². The van der Waals surface area contributed by atoms with Gasteiger partial charge in [-0.15, -0.1) is 0 Å². The normalized spacial score (nSPS) is 17.2. The minimum Gasteiger partial charge on any atom is -0.386 e. The van der Waals surface area contributed by atoms with Crippen LogP contribution in [0.25, 0.3) is 16.8 Å². The van der Waals surface area contributed by atoms with Gasteiger partial charge in [-0.2, -0.15) is 5.10 Å². The lowest BCUT2D eigenvalue weighted by Gasteiger charge is -2.16.